The maximum absolute atomic E-state index is 12.7. The molecule has 0 bridgehead atoms. The van der Waals surface area contributed by atoms with Gasteiger partial charge in [-0.15, -0.1) is 21.5 Å². The van der Waals surface area contributed by atoms with Crippen LogP contribution in [0.15, 0.2) is 59.1 Å². The van der Waals surface area contributed by atoms with Crippen molar-refractivity contribution in [2.24, 2.45) is 0 Å². The maximum atomic E-state index is 12.7. The van der Waals surface area contributed by atoms with Gasteiger partial charge in [-0.3, -0.25) is 9.59 Å². The number of thioether (sulfide) groups is 1. The standard InChI is InChI=1S/C26H28N6O2S2/c1-5-32-23(18(4)27-24(34)20-8-6-7-17(3)13-20)30-31-26(32)36-15-22(33)29-25-28-21(14-35-25)19-11-9-16(2)10-12-19/h6-14,18H,5,15H2,1-4H3,(H,27,34)(H,28,29,33). The fraction of sp³-hybridized carbons (Fsp3) is 0.269. The lowest BCUT2D eigenvalue weighted by Crippen LogP contribution is -2.28. The van der Waals surface area contributed by atoms with Gasteiger partial charge in [0, 0.05) is 23.1 Å². The molecule has 0 aliphatic rings. The number of aryl methyl sites for hydroxylation is 2. The zero-order valence-corrected chi connectivity index (χ0v) is 22.2. The van der Waals surface area contributed by atoms with Crippen LogP contribution in [0.1, 0.15) is 47.2 Å². The average Bonchev–Trinajstić information content (AvgIpc) is 3.50. The predicted octanol–water partition coefficient (Wildman–Crippen LogP) is 5.26. The third-order valence-electron chi connectivity index (χ3n) is 5.51. The SMILES string of the molecule is CCn1c(SCC(=O)Nc2nc(-c3ccc(C)cc3)cs2)nnc1C(C)NC(=O)c1cccc(C)c1. The van der Waals surface area contributed by atoms with Crippen molar-refractivity contribution in [3.8, 4) is 11.3 Å². The Morgan fingerprint density at radius 3 is 2.58 bits per heavy atom. The highest BCUT2D eigenvalue weighted by molar-refractivity contribution is 7.99. The molecule has 4 aromatic rings. The minimum atomic E-state index is -0.343. The summed E-state index contributed by atoms with van der Waals surface area (Å²) in [6.07, 6.45) is 0. The summed E-state index contributed by atoms with van der Waals surface area (Å²) >= 11 is 2.69. The number of benzene rings is 2. The van der Waals surface area contributed by atoms with E-state index in [1.807, 2.05) is 80.1 Å². The number of aromatic nitrogens is 4. The van der Waals surface area contributed by atoms with Crippen LogP contribution in [0.5, 0.6) is 0 Å². The van der Waals surface area contributed by atoms with Crippen LogP contribution in [-0.4, -0.2) is 37.3 Å². The number of nitrogens with one attached hydrogen (secondary N) is 2. The van der Waals surface area contributed by atoms with Crippen molar-refractivity contribution in [2.45, 2.75) is 45.4 Å². The quantitative estimate of drug-likeness (QED) is 0.292. The Labute approximate surface area is 218 Å². The Hall–Kier alpha value is -3.50. The van der Waals surface area contributed by atoms with Gasteiger partial charge in [-0.05, 0) is 39.8 Å². The van der Waals surface area contributed by atoms with E-state index in [-0.39, 0.29) is 23.6 Å². The van der Waals surface area contributed by atoms with Crippen LogP contribution in [0.2, 0.25) is 0 Å². The summed E-state index contributed by atoms with van der Waals surface area (Å²) in [6.45, 7) is 8.46. The van der Waals surface area contributed by atoms with Crippen LogP contribution in [0.4, 0.5) is 5.13 Å². The molecule has 0 spiro atoms. The lowest BCUT2D eigenvalue weighted by molar-refractivity contribution is -0.113. The first-order chi connectivity index (χ1) is 17.3. The number of carbonyl (C=O) groups excluding carboxylic acids is 2. The fourth-order valence-corrected chi connectivity index (χ4v) is 5.17. The third-order valence-corrected chi connectivity index (χ3v) is 7.23. The Morgan fingerprint density at radius 1 is 1.08 bits per heavy atom. The molecule has 4 rings (SSSR count). The van der Waals surface area contributed by atoms with Gasteiger partial charge in [-0.2, -0.15) is 0 Å². The number of hydrogen-bond acceptors (Lipinski definition) is 7. The fourth-order valence-electron chi connectivity index (χ4n) is 3.63. The molecule has 2 aromatic heterocycles. The van der Waals surface area contributed by atoms with Gasteiger partial charge in [0.15, 0.2) is 16.1 Å². The van der Waals surface area contributed by atoms with E-state index in [1.54, 1.807) is 6.07 Å². The van der Waals surface area contributed by atoms with Crippen LogP contribution >= 0.6 is 23.1 Å². The van der Waals surface area contributed by atoms with Gasteiger partial charge in [-0.1, -0.05) is 59.3 Å². The first-order valence-electron chi connectivity index (χ1n) is 11.6. The van der Waals surface area contributed by atoms with Crippen LogP contribution < -0.4 is 10.6 Å². The Balaban J connectivity index is 1.35. The van der Waals surface area contributed by atoms with E-state index in [0.717, 1.165) is 16.8 Å². The number of amides is 2. The maximum Gasteiger partial charge on any atom is 0.251 e. The highest BCUT2D eigenvalue weighted by atomic mass is 32.2. The van der Waals surface area contributed by atoms with E-state index >= 15 is 0 Å². The molecule has 1 unspecified atom stereocenters. The molecule has 0 aliphatic carbocycles. The van der Waals surface area contributed by atoms with Gasteiger partial charge in [0.2, 0.25) is 5.91 Å². The summed E-state index contributed by atoms with van der Waals surface area (Å²) in [5, 5.41) is 17.5. The molecule has 36 heavy (non-hydrogen) atoms. The molecule has 186 valence electrons. The summed E-state index contributed by atoms with van der Waals surface area (Å²) in [7, 11) is 0. The lowest BCUT2D eigenvalue weighted by Gasteiger charge is -2.15. The molecular weight excluding hydrogens is 492 g/mol. The van der Waals surface area contributed by atoms with E-state index in [0.29, 0.717) is 28.2 Å². The van der Waals surface area contributed by atoms with Crippen LogP contribution in [0, 0.1) is 13.8 Å². The molecule has 2 heterocycles. The van der Waals surface area contributed by atoms with Gasteiger partial charge >= 0.3 is 0 Å². The molecule has 2 aromatic carbocycles. The average molecular weight is 521 g/mol. The van der Waals surface area contributed by atoms with Crippen molar-refractivity contribution in [3.63, 3.8) is 0 Å². The molecular formula is C26H28N6O2S2. The van der Waals surface area contributed by atoms with Crippen LogP contribution in [0.3, 0.4) is 0 Å². The number of thiazole rings is 1. The first kappa shape index (κ1) is 25.6. The van der Waals surface area contributed by atoms with Gasteiger partial charge in [0.25, 0.3) is 5.91 Å². The predicted molar refractivity (Wildman–Crippen MR) is 144 cm³/mol. The van der Waals surface area contributed by atoms with Crippen molar-refractivity contribution >= 4 is 40.0 Å². The zero-order chi connectivity index (χ0) is 25.7. The largest absolute Gasteiger partial charge is 0.342 e. The monoisotopic (exact) mass is 520 g/mol. The highest BCUT2D eigenvalue weighted by Gasteiger charge is 2.20. The van der Waals surface area contributed by atoms with E-state index in [1.165, 1.54) is 28.7 Å². The summed E-state index contributed by atoms with van der Waals surface area (Å²) in [6, 6.07) is 15.2. The summed E-state index contributed by atoms with van der Waals surface area (Å²) in [4.78, 5) is 29.7. The topological polar surface area (TPSA) is 102 Å². The molecule has 0 radical (unpaired) electrons. The van der Waals surface area contributed by atoms with E-state index in [9.17, 15) is 9.59 Å². The number of nitrogens with zero attached hydrogens (tertiary/aromatic N) is 4. The molecule has 2 N–H and O–H groups in total. The number of rotatable bonds is 9. The number of anilines is 1. The second kappa shape index (κ2) is 11.5. The highest BCUT2D eigenvalue weighted by Crippen LogP contribution is 2.26. The summed E-state index contributed by atoms with van der Waals surface area (Å²) in [5.41, 5.74) is 4.65. The molecule has 2 amide bonds. The zero-order valence-electron chi connectivity index (χ0n) is 20.6. The van der Waals surface area contributed by atoms with E-state index < -0.39 is 0 Å². The van der Waals surface area contributed by atoms with Crippen LogP contribution in [0.25, 0.3) is 11.3 Å². The normalized spacial score (nSPS) is 11.8. The number of carbonyl (C=O) groups is 2. The van der Waals surface area contributed by atoms with Crippen molar-refractivity contribution in [3.05, 3.63) is 76.4 Å². The third kappa shape index (κ3) is 6.19. The van der Waals surface area contributed by atoms with Crippen molar-refractivity contribution in [1.29, 1.82) is 0 Å². The summed E-state index contributed by atoms with van der Waals surface area (Å²) < 4.78 is 1.91. The Kier molecular flexibility index (Phi) is 8.17. The minimum absolute atomic E-state index is 0.168. The molecule has 0 fully saturated rings. The van der Waals surface area contributed by atoms with Gasteiger partial charge in [0.1, 0.15) is 0 Å². The van der Waals surface area contributed by atoms with E-state index in [2.05, 4.69) is 25.8 Å². The molecule has 1 atom stereocenters. The lowest BCUT2D eigenvalue weighted by atomic mass is 10.1. The van der Waals surface area contributed by atoms with Gasteiger partial charge < -0.3 is 15.2 Å². The Morgan fingerprint density at radius 2 is 1.86 bits per heavy atom. The van der Waals surface area contributed by atoms with E-state index in [4.69, 9.17) is 0 Å². The van der Waals surface area contributed by atoms with Gasteiger partial charge in [0.05, 0.1) is 17.5 Å². The van der Waals surface area contributed by atoms with Crippen molar-refractivity contribution in [2.75, 3.05) is 11.1 Å². The second-order valence-electron chi connectivity index (χ2n) is 8.39. The van der Waals surface area contributed by atoms with Crippen molar-refractivity contribution in [1.82, 2.24) is 25.1 Å². The minimum Gasteiger partial charge on any atom is -0.342 e. The number of hydrogen-bond donors (Lipinski definition) is 2. The molecule has 0 aliphatic heterocycles. The first-order valence-corrected chi connectivity index (χ1v) is 13.5. The van der Waals surface area contributed by atoms with Crippen LogP contribution in [-0.2, 0) is 11.3 Å². The molecule has 0 saturated heterocycles. The second-order valence-corrected chi connectivity index (χ2v) is 10.2. The Bertz CT molecular complexity index is 1360. The smallest absolute Gasteiger partial charge is 0.251 e. The summed E-state index contributed by atoms with van der Waals surface area (Å²) in [5.74, 6) is 0.475. The van der Waals surface area contributed by atoms with Gasteiger partial charge in [-0.25, -0.2) is 4.98 Å². The molecule has 0 saturated carbocycles. The molecule has 10 heteroatoms. The molecule has 8 nitrogen and oxygen atoms in total. The van der Waals surface area contributed by atoms with Crippen molar-refractivity contribution < 1.29 is 9.59 Å².